The highest BCUT2D eigenvalue weighted by molar-refractivity contribution is 6.31. The van der Waals surface area contributed by atoms with Crippen molar-refractivity contribution in [1.82, 2.24) is 23.5 Å². The highest BCUT2D eigenvalue weighted by Crippen LogP contribution is 2.61. The Hall–Kier alpha value is -7.02. The Morgan fingerprint density at radius 2 is 1.52 bits per heavy atom. The molecule has 0 saturated heterocycles. The first-order valence-electron chi connectivity index (χ1n) is 19.0. The van der Waals surface area contributed by atoms with E-state index in [0.29, 0.717) is 39.2 Å². The smallest absolute Gasteiger partial charge is 0.347 e. The number of ether oxygens (including phenoxy) is 2. The van der Waals surface area contributed by atoms with Gasteiger partial charge in [-0.05, 0) is 46.9 Å². The number of nitrogens with zero attached hydrogens (tertiary/aromatic N) is 5. The third-order valence-electron chi connectivity index (χ3n) is 12.2. The number of hydrogen-bond acceptors (Lipinski definition) is 9. The number of aryl methyl sites for hydroxylation is 2. The van der Waals surface area contributed by atoms with Crippen LogP contribution in [0.2, 0.25) is 0 Å². The lowest BCUT2D eigenvalue weighted by molar-refractivity contribution is -0.133. The molecule has 1 aliphatic heterocycles. The van der Waals surface area contributed by atoms with Crippen LogP contribution < -0.4 is 26.4 Å². The summed E-state index contributed by atoms with van der Waals surface area (Å²) in [7, 11) is 4.62. The van der Waals surface area contributed by atoms with E-state index in [9.17, 15) is 19.5 Å². The van der Waals surface area contributed by atoms with Gasteiger partial charge in [-0.25, -0.2) is 28.5 Å². The highest BCUT2D eigenvalue weighted by atomic mass is 16.5. The molecule has 0 amide bonds. The number of methoxy groups -OCH3 is 2. The monoisotopic (exact) mass is 777 g/mol. The van der Waals surface area contributed by atoms with Crippen LogP contribution in [-0.2, 0) is 41.6 Å². The van der Waals surface area contributed by atoms with Gasteiger partial charge in [0.25, 0.3) is 5.56 Å². The van der Waals surface area contributed by atoms with E-state index >= 15 is 9.59 Å². The molecule has 0 spiro atoms. The second kappa shape index (κ2) is 13.9. The fourth-order valence-electron chi connectivity index (χ4n) is 9.51. The van der Waals surface area contributed by atoms with E-state index < -0.39 is 34.7 Å². The summed E-state index contributed by atoms with van der Waals surface area (Å²) >= 11 is 0. The second-order valence-electron chi connectivity index (χ2n) is 14.9. The third kappa shape index (κ3) is 5.36. The maximum atomic E-state index is 15.1. The van der Waals surface area contributed by atoms with Crippen LogP contribution in [0.15, 0.2) is 129 Å². The van der Waals surface area contributed by atoms with Crippen molar-refractivity contribution < 1.29 is 24.2 Å². The molecule has 13 nitrogen and oxygen atoms in total. The van der Waals surface area contributed by atoms with Crippen molar-refractivity contribution in [3.63, 3.8) is 0 Å². The number of phenols is 1. The van der Waals surface area contributed by atoms with Crippen LogP contribution in [0.1, 0.15) is 40.8 Å². The van der Waals surface area contributed by atoms with E-state index in [2.05, 4.69) is 4.98 Å². The standard InChI is InChI=1S/C45H39N5O8/c1-47-36-25-38(58-3)37(57-2)24-34(36)46-33(42(47)54)19-20-48-43(55)49-21-18-30-35(50(49)44(48)56)23-32-41(53)31(26-10-6-4-7-11-26)22-39(52)45(32,28-12-8-5-9-13-28)40(30)27-14-16-29(51)17-15-27/h4-18,22,24-25,32,35,40,51H,19-21,23H2,1-3H3. The van der Waals surface area contributed by atoms with Crippen molar-refractivity contribution >= 4 is 28.2 Å². The topological polar surface area (TPSA) is 157 Å². The zero-order chi connectivity index (χ0) is 40.5. The summed E-state index contributed by atoms with van der Waals surface area (Å²) in [5, 5.41) is 10.4. The summed E-state index contributed by atoms with van der Waals surface area (Å²) in [6, 6.07) is 27.5. The predicted molar refractivity (Wildman–Crippen MR) is 215 cm³/mol. The number of hydrogen-bond donors (Lipinski definition) is 1. The number of fused-ring (bicyclic) bond motifs is 5. The zero-order valence-electron chi connectivity index (χ0n) is 32.0. The Morgan fingerprint density at radius 1 is 0.845 bits per heavy atom. The summed E-state index contributed by atoms with van der Waals surface area (Å²) in [5.74, 6) is -1.26. The fourth-order valence-corrected chi connectivity index (χ4v) is 9.51. The molecule has 4 aromatic carbocycles. The summed E-state index contributed by atoms with van der Waals surface area (Å²) < 4.78 is 16.2. The van der Waals surface area contributed by atoms with Crippen LogP contribution in [0.4, 0.5) is 0 Å². The molecule has 2 aliphatic carbocycles. The average Bonchev–Trinajstić information content (AvgIpc) is 3.50. The number of aromatic nitrogens is 5. The summed E-state index contributed by atoms with van der Waals surface area (Å²) in [4.78, 5) is 77.1. The maximum Gasteiger partial charge on any atom is 0.347 e. The highest BCUT2D eigenvalue weighted by Gasteiger charge is 2.63. The lowest BCUT2D eigenvalue weighted by Gasteiger charge is -2.54. The largest absolute Gasteiger partial charge is 0.508 e. The van der Waals surface area contributed by atoms with Crippen LogP contribution in [0.5, 0.6) is 17.2 Å². The molecule has 9 rings (SSSR count). The molecule has 0 radical (unpaired) electrons. The Labute approximate surface area is 331 Å². The van der Waals surface area contributed by atoms with Gasteiger partial charge in [-0.2, -0.15) is 0 Å². The van der Waals surface area contributed by atoms with Crippen molar-refractivity contribution in [3.05, 3.63) is 168 Å². The van der Waals surface area contributed by atoms with Gasteiger partial charge in [0.05, 0.1) is 43.3 Å². The van der Waals surface area contributed by atoms with Gasteiger partial charge in [0.2, 0.25) is 0 Å². The van der Waals surface area contributed by atoms with E-state index in [-0.39, 0.29) is 60.1 Å². The molecule has 4 atom stereocenters. The van der Waals surface area contributed by atoms with Crippen molar-refractivity contribution in [1.29, 1.82) is 0 Å². The number of carbonyl (C=O) groups excluding carboxylic acids is 2. The molecule has 1 saturated carbocycles. The Balaban J connectivity index is 1.18. The molecule has 3 aliphatic rings. The molecular formula is C45H39N5O8. The SMILES string of the molecule is COc1cc2nc(CCn3c(=O)n4n(c3=O)C3CC5C(=O)C(c6ccccc6)=CC(=O)C5(c5ccccc5)C(c5ccc(O)cc5)C3=CC4)c(=O)n(C)c2cc1OC. The molecule has 6 aromatic rings. The van der Waals surface area contributed by atoms with Gasteiger partial charge in [0.15, 0.2) is 23.1 Å². The quantitative estimate of drug-likeness (QED) is 0.220. The summed E-state index contributed by atoms with van der Waals surface area (Å²) in [6.07, 6.45) is 3.40. The molecule has 4 unspecified atom stereocenters. The van der Waals surface area contributed by atoms with Crippen molar-refractivity contribution in [2.75, 3.05) is 14.2 Å². The van der Waals surface area contributed by atoms with Gasteiger partial charge in [-0.3, -0.25) is 14.4 Å². The lowest BCUT2D eigenvalue weighted by Crippen LogP contribution is -2.58. The van der Waals surface area contributed by atoms with Gasteiger partial charge in [0, 0.05) is 49.6 Å². The Morgan fingerprint density at radius 3 is 2.21 bits per heavy atom. The number of rotatable bonds is 8. The Bertz CT molecular complexity index is 2900. The first kappa shape index (κ1) is 36.6. The molecule has 0 bridgehead atoms. The zero-order valence-corrected chi connectivity index (χ0v) is 32.0. The third-order valence-corrected chi connectivity index (χ3v) is 12.2. The van der Waals surface area contributed by atoms with Crippen molar-refractivity contribution in [2.24, 2.45) is 13.0 Å². The van der Waals surface area contributed by atoms with E-state index in [1.165, 1.54) is 34.2 Å². The van der Waals surface area contributed by atoms with E-state index in [1.807, 2.05) is 54.6 Å². The molecule has 3 heterocycles. The maximum absolute atomic E-state index is 15.1. The molecule has 13 heteroatoms. The molecule has 292 valence electrons. The van der Waals surface area contributed by atoms with Gasteiger partial charge in [0.1, 0.15) is 11.4 Å². The first-order valence-corrected chi connectivity index (χ1v) is 19.0. The number of ketones is 2. The minimum absolute atomic E-state index is 0.0187. The summed E-state index contributed by atoms with van der Waals surface area (Å²) in [5.41, 5.74) is 1.16. The van der Waals surface area contributed by atoms with Crippen LogP contribution in [0.3, 0.4) is 0 Å². The fraction of sp³-hybridized carbons (Fsp3) is 0.244. The van der Waals surface area contributed by atoms with Crippen molar-refractivity contribution in [2.45, 2.75) is 43.3 Å². The number of phenolic OH excluding ortho intramolecular Hbond substituents is 1. The van der Waals surface area contributed by atoms with Crippen LogP contribution >= 0.6 is 0 Å². The van der Waals surface area contributed by atoms with Crippen LogP contribution in [-0.4, -0.2) is 54.4 Å². The number of carbonyl (C=O) groups is 2. The molecule has 58 heavy (non-hydrogen) atoms. The normalized spacial score (nSPS) is 21.1. The molecule has 2 aromatic heterocycles. The lowest BCUT2D eigenvalue weighted by atomic mass is 9.47. The van der Waals surface area contributed by atoms with E-state index in [1.54, 1.807) is 55.6 Å². The molecular weight excluding hydrogens is 739 g/mol. The number of allylic oxidation sites excluding steroid dienone is 4. The minimum atomic E-state index is -1.40. The van der Waals surface area contributed by atoms with Gasteiger partial charge < -0.3 is 19.1 Å². The van der Waals surface area contributed by atoms with Crippen LogP contribution in [0.25, 0.3) is 16.6 Å². The number of Topliss-reactive ketones (excluding diaryl/α,β-unsaturated/α-hetero) is 1. The number of benzene rings is 4. The minimum Gasteiger partial charge on any atom is -0.508 e. The summed E-state index contributed by atoms with van der Waals surface area (Å²) in [6.45, 7) is -0.104. The van der Waals surface area contributed by atoms with Gasteiger partial charge in [-0.15, -0.1) is 0 Å². The molecule has 1 N–H and O–H groups in total. The van der Waals surface area contributed by atoms with Crippen molar-refractivity contribution in [3.8, 4) is 17.2 Å². The van der Waals surface area contributed by atoms with Gasteiger partial charge >= 0.3 is 11.4 Å². The first-order chi connectivity index (χ1) is 28.1. The second-order valence-corrected chi connectivity index (χ2v) is 14.9. The van der Waals surface area contributed by atoms with Gasteiger partial charge in [-0.1, -0.05) is 78.9 Å². The average molecular weight is 778 g/mol. The molecule has 1 fully saturated rings. The predicted octanol–water partition coefficient (Wildman–Crippen LogP) is 4.48. The number of aromatic hydroxyl groups is 1. The van der Waals surface area contributed by atoms with E-state index in [0.717, 1.165) is 10.1 Å². The van der Waals surface area contributed by atoms with E-state index in [4.69, 9.17) is 9.47 Å². The van der Waals surface area contributed by atoms with Crippen LogP contribution in [0, 0.1) is 5.92 Å². The Kier molecular flexibility index (Phi) is 8.75.